The van der Waals surface area contributed by atoms with Gasteiger partial charge in [0.05, 0.1) is 6.42 Å². The summed E-state index contributed by atoms with van der Waals surface area (Å²) in [4.78, 5) is 12.3. The number of para-hydroxylation sites is 1. The molecule has 3 aromatic rings. The van der Waals surface area contributed by atoms with Gasteiger partial charge in [-0.05, 0) is 42.7 Å². The number of benzene rings is 2. The Balaban J connectivity index is 1.87. The number of aromatic nitrogens is 1. The van der Waals surface area contributed by atoms with Crippen molar-refractivity contribution in [2.75, 3.05) is 0 Å². The van der Waals surface area contributed by atoms with Crippen LogP contribution in [0.4, 0.5) is 4.39 Å². The molecule has 1 atom stereocenters. The van der Waals surface area contributed by atoms with E-state index in [0.29, 0.717) is 13.0 Å². The molecule has 0 aliphatic heterocycles. The molecule has 1 amide bonds. The van der Waals surface area contributed by atoms with Crippen LogP contribution in [-0.4, -0.2) is 16.5 Å². The van der Waals surface area contributed by atoms with E-state index in [-0.39, 0.29) is 17.8 Å². The largest absolute Gasteiger partial charge is 0.353 e. The zero-order valence-corrected chi connectivity index (χ0v) is 14.6. The van der Waals surface area contributed by atoms with Crippen LogP contribution in [0.2, 0.25) is 0 Å². The molecule has 25 heavy (non-hydrogen) atoms. The molecule has 1 unspecified atom stereocenters. The molecular weight excluding hydrogens is 315 g/mol. The van der Waals surface area contributed by atoms with Crippen molar-refractivity contribution in [1.82, 2.24) is 9.88 Å². The number of nitrogens with zero attached hydrogens (tertiary/aromatic N) is 1. The van der Waals surface area contributed by atoms with Gasteiger partial charge in [0.1, 0.15) is 5.82 Å². The fourth-order valence-electron chi connectivity index (χ4n) is 2.98. The zero-order chi connectivity index (χ0) is 17.8. The number of nitrogens with one attached hydrogen (secondary N) is 1. The summed E-state index contributed by atoms with van der Waals surface area (Å²) >= 11 is 0. The SMILES string of the molecule is CCC(C)NC(=O)Cc1cn(Cc2ccc(F)cc2)c2ccccc12. The number of amides is 1. The summed E-state index contributed by atoms with van der Waals surface area (Å²) in [5.74, 6) is -0.192. The lowest BCUT2D eigenvalue weighted by molar-refractivity contribution is -0.121. The number of hydrogen-bond donors (Lipinski definition) is 1. The van der Waals surface area contributed by atoms with Crippen molar-refractivity contribution < 1.29 is 9.18 Å². The van der Waals surface area contributed by atoms with E-state index < -0.39 is 0 Å². The van der Waals surface area contributed by atoms with Gasteiger partial charge in [0.25, 0.3) is 0 Å². The summed E-state index contributed by atoms with van der Waals surface area (Å²) in [5, 5.41) is 4.11. The second-order valence-electron chi connectivity index (χ2n) is 6.48. The van der Waals surface area contributed by atoms with Crippen molar-refractivity contribution in [3.8, 4) is 0 Å². The fraction of sp³-hybridized carbons (Fsp3) is 0.286. The molecule has 1 N–H and O–H groups in total. The maximum absolute atomic E-state index is 13.1. The third-order valence-corrected chi connectivity index (χ3v) is 4.51. The first-order chi connectivity index (χ1) is 12.1. The van der Waals surface area contributed by atoms with Gasteiger partial charge in [-0.15, -0.1) is 0 Å². The molecule has 3 nitrogen and oxygen atoms in total. The van der Waals surface area contributed by atoms with Crippen LogP contribution in [0.15, 0.2) is 54.7 Å². The Labute approximate surface area is 147 Å². The number of fused-ring (bicyclic) bond motifs is 1. The molecule has 0 bridgehead atoms. The van der Waals surface area contributed by atoms with Crippen molar-refractivity contribution in [2.24, 2.45) is 0 Å². The third-order valence-electron chi connectivity index (χ3n) is 4.51. The Hall–Kier alpha value is -2.62. The van der Waals surface area contributed by atoms with Crippen LogP contribution in [0.1, 0.15) is 31.4 Å². The summed E-state index contributed by atoms with van der Waals surface area (Å²) in [6.07, 6.45) is 3.31. The lowest BCUT2D eigenvalue weighted by atomic mass is 10.1. The van der Waals surface area contributed by atoms with E-state index in [0.717, 1.165) is 28.5 Å². The molecule has 0 saturated heterocycles. The first-order valence-electron chi connectivity index (χ1n) is 8.67. The van der Waals surface area contributed by atoms with E-state index in [2.05, 4.69) is 22.9 Å². The van der Waals surface area contributed by atoms with Crippen LogP contribution in [0.3, 0.4) is 0 Å². The highest BCUT2D eigenvalue weighted by Gasteiger charge is 2.13. The second-order valence-corrected chi connectivity index (χ2v) is 6.48. The average molecular weight is 338 g/mol. The van der Waals surface area contributed by atoms with Crippen molar-refractivity contribution >= 4 is 16.8 Å². The summed E-state index contributed by atoms with van der Waals surface area (Å²) < 4.78 is 15.2. The third kappa shape index (κ3) is 4.08. The van der Waals surface area contributed by atoms with Gasteiger partial charge in [0.2, 0.25) is 5.91 Å². The van der Waals surface area contributed by atoms with Crippen molar-refractivity contribution in [1.29, 1.82) is 0 Å². The highest BCUT2D eigenvalue weighted by Crippen LogP contribution is 2.23. The maximum atomic E-state index is 13.1. The molecule has 4 heteroatoms. The Morgan fingerprint density at radius 3 is 2.60 bits per heavy atom. The molecule has 1 heterocycles. The highest BCUT2D eigenvalue weighted by molar-refractivity contribution is 5.89. The minimum absolute atomic E-state index is 0.0408. The monoisotopic (exact) mass is 338 g/mol. The van der Waals surface area contributed by atoms with E-state index in [1.165, 1.54) is 12.1 Å². The van der Waals surface area contributed by atoms with Gasteiger partial charge in [0, 0.05) is 29.7 Å². The van der Waals surface area contributed by atoms with Crippen LogP contribution in [0.25, 0.3) is 10.9 Å². The zero-order valence-electron chi connectivity index (χ0n) is 14.6. The lowest BCUT2D eigenvalue weighted by Gasteiger charge is -2.10. The molecule has 0 radical (unpaired) electrons. The van der Waals surface area contributed by atoms with Gasteiger partial charge in [-0.3, -0.25) is 4.79 Å². The molecule has 0 aliphatic rings. The lowest BCUT2D eigenvalue weighted by Crippen LogP contribution is -2.33. The van der Waals surface area contributed by atoms with E-state index in [1.807, 2.05) is 31.3 Å². The fourth-order valence-corrected chi connectivity index (χ4v) is 2.98. The van der Waals surface area contributed by atoms with E-state index >= 15 is 0 Å². The van der Waals surface area contributed by atoms with E-state index in [4.69, 9.17) is 0 Å². The molecule has 0 saturated carbocycles. The van der Waals surface area contributed by atoms with Gasteiger partial charge >= 0.3 is 0 Å². The Bertz CT molecular complexity index is 867. The quantitative estimate of drug-likeness (QED) is 0.715. The van der Waals surface area contributed by atoms with Gasteiger partial charge in [-0.2, -0.15) is 0 Å². The summed E-state index contributed by atoms with van der Waals surface area (Å²) in [6, 6.07) is 14.8. The number of rotatable bonds is 6. The smallest absolute Gasteiger partial charge is 0.224 e. The predicted octanol–water partition coefficient (Wildman–Crippen LogP) is 4.29. The van der Waals surface area contributed by atoms with Gasteiger partial charge < -0.3 is 9.88 Å². The molecular formula is C21H23FN2O. The van der Waals surface area contributed by atoms with Crippen molar-refractivity contribution in [3.63, 3.8) is 0 Å². The predicted molar refractivity (Wildman–Crippen MR) is 99.0 cm³/mol. The Morgan fingerprint density at radius 1 is 1.16 bits per heavy atom. The number of carbonyl (C=O) groups excluding carboxylic acids is 1. The van der Waals surface area contributed by atoms with Gasteiger partial charge in [-0.25, -0.2) is 4.39 Å². The molecule has 0 fully saturated rings. The van der Waals surface area contributed by atoms with Gasteiger partial charge in [-0.1, -0.05) is 37.3 Å². The number of halogens is 1. The molecule has 0 aliphatic carbocycles. The van der Waals surface area contributed by atoms with Crippen LogP contribution in [0, 0.1) is 5.82 Å². The molecule has 1 aromatic heterocycles. The van der Waals surface area contributed by atoms with Crippen LogP contribution in [-0.2, 0) is 17.8 Å². The highest BCUT2D eigenvalue weighted by atomic mass is 19.1. The van der Waals surface area contributed by atoms with E-state index in [1.54, 1.807) is 12.1 Å². The Morgan fingerprint density at radius 2 is 1.88 bits per heavy atom. The van der Waals surface area contributed by atoms with Crippen molar-refractivity contribution in [2.45, 2.75) is 39.3 Å². The summed E-state index contributed by atoms with van der Waals surface area (Å²) in [6.45, 7) is 4.71. The van der Waals surface area contributed by atoms with Gasteiger partial charge in [0.15, 0.2) is 0 Å². The first kappa shape index (κ1) is 17.2. The minimum atomic E-state index is -0.233. The maximum Gasteiger partial charge on any atom is 0.224 e. The second kappa shape index (κ2) is 7.51. The normalized spacial score (nSPS) is 12.3. The van der Waals surface area contributed by atoms with Crippen molar-refractivity contribution in [3.05, 3.63) is 71.7 Å². The topological polar surface area (TPSA) is 34.0 Å². The summed E-state index contributed by atoms with van der Waals surface area (Å²) in [5.41, 5.74) is 3.12. The minimum Gasteiger partial charge on any atom is -0.353 e. The Kier molecular flexibility index (Phi) is 5.17. The average Bonchev–Trinajstić information content (AvgIpc) is 2.94. The van der Waals surface area contributed by atoms with Crippen LogP contribution < -0.4 is 5.32 Å². The molecule has 130 valence electrons. The van der Waals surface area contributed by atoms with E-state index in [9.17, 15) is 9.18 Å². The molecule has 3 rings (SSSR count). The number of hydrogen-bond acceptors (Lipinski definition) is 1. The van der Waals surface area contributed by atoms with Crippen LogP contribution >= 0.6 is 0 Å². The number of carbonyl (C=O) groups is 1. The molecule has 2 aromatic carbocycles. The standard InChI is InChI=1S/C21H23FN2O/c1-3-15(2)23-21(25)12-17-14-24(20-7-5-4-6-19(17)20)13-16-8-10-18(22)11-9-16/h4-11,14-15H,3,12-13H2,1-2H3,(H,23,25). The summed E-state index contributed by atoms with van der Waals surface area (Å²) in [7, 11) is 0. The molecule has 0 spiro atoms. The first-order valence-corrected chi connectivity index (χ1v) is 8.67. The van der Waals surface area contributed by atoms with Crippen LogP contribution in [0.5, 0.6) is 0 Å².